The quantitative estimate of drug-likeness (QED) is 0.838. The number of benzene rings is 2. The first-order valence-corrected chi connectivity index (χ1v) is 6.68. The van der Waals surface area contributed by atoms with E-state index in [1.807, 2.05) is 24.3 Å². The van der Waals surface area contributed by atoms with E-state index < -0.39 is 0 Å². The smallest absolute Gasteiger partial charge is 0.0991 e. The van der Waals surface area contributed by atoms with E-state index in [0.29, 0.717) is 5.56 Å². The van der Waals surface area contributed by atoms with Gasteiger partial charge < -0.3 is 5.32 Å². The van der Waals surface area contributed by atoms with Gasteiger partial charge in [-0.2, -0.15) is 5.26 Å². The van der Waals surface area contributed by atoms with Crippen molar-refractivity contribution in [2.75, 3.05) is 5.32 Å². The molecule has 0 saturated carbocycles. The molecule has 0 radical (unpaired) electrons. The molecule has 0 atom stereocenters. The molecule has 0 saturated heterocycles. The average molecular weight is 250 g/mol. The van der Waals surface area contributed by atoms with Crippen molar-refractivity contribution >= 4 is 11.4 Å². The van der Waals surface area contributed by atoms with Crippen LogP contribution in [0.4, 0.5) is 11.4 Å². The summed E-state index contributed by atoms with van der Waals surface area (Å²) in [5, 5.41) is 12.1. The average Bonchev–Trinajstić information content (AvgIpc) is 2.47. The molecule has 2 rings (SSSR count). The van der Waals surface area contributed by atoms with Crippen molar-refractivity contribution in [3.05, 3.63) is 59.7 Å². The van der Waals surface area contributed by atoms with E-state index in [4.69, 9.17) is 5.26 Å². The van der Waals surface area contributed by atoms with E-state index in [-0.39, 0.29) is 0 Å². The number of nitrogens with one attached hydrogen (secondary N) is 1. The van der Waals surface area contributed by atoms with Gasteiger partial charge in [-0.25, -0.2) is 0 Å². The van der Waals surface area contributed by atoms with Crippen molar-refractivity contribution in [1.82, 2.24) is 0 Å². The molecule has 0 fully saturated rings. The van der Waals surface area contributed by atoms with Crippen LogP contribution in [-0.4, -0.2) is 0 Å². The maximum absolute atomic E-state index is 8.75. The Morgan fingerprint density at radius 2 is 1.53 bits per heavy atom. The van der Waals surface area contributed by atoms with Gasteiger partial charge in [0.25, 0.3) is 0 Å². The molecule has 96 valence electrons. The second-order valence-corrected chi connectivity index (χ2v) is 4.61. The van der Waals surface area contributed by atoms with E-state index in [0.717, 1.165) is 17.8 Å². The number of rotatable bonds is 5. The summed E-state index contributed by atoms with van der Waals surface area (Å²) in [5.41, 5.74) is 4.14. The molecule has 0 bridgehead atoms. The highest BCUT2D eigenvalue weighted by Gasteiger charge is 1.97. The highest BCUT2D eigenvalue weighted by atomic mass is 14.9. The third-order valence-electron chi connectivity index (χ3n) is 3.08. The molecule has 1 N–H and O–H groups in total. The summed E-state index contributed by atoms with van der Waals surface area (Å²) in [6.07, 6.45) is 3.61. The Morgan fingerprint density at radius 1 is 0.947 bits per heavy atom. The second-order valence-electron chi connectivity index (χ2n) is 4.61. The highest BCUT2D eigenvalue weighted by Crippen LogP contribution is 2.18. The van der Waals surface area contributed by atoms with Gasteiger partial charge in [0, 0.05) is 11.4 Å². The highest BCUT2D eigenvalue weighted by molar-refractivity contribution is 5.60. The number of aryl methyl sites for hydroxylation is 1. The minimum atomic E-state index is 0.681. The van der Waals surface area contributed by atoms with Crippen LogP contribution in [0.3, 0.4) is 0 Å². The molecular weight excluding hydrogens is 232 g/mol. The summed E-state index contributed by atoms with van der Waals surface area (Å²) < 4.78 is 0. The molecule has 19 heavy (non-hydrogen) atoms. The van der Waals surface area contributed by atoms with E-state index in [1.165, 1.54) is 18.4 Å². The molecule has 2 nitrogen and oxygen atoms in total. The number of hydrogen-bond acceptors (Lipinski definition) is 2. The Bertz CT molecular complexity index is 547. The van der Waals surface area contributed by atoms with Gasteiger partial charge in [-0.05, 0) is 54.8 Å². The van der Waals surface area contributed by atoms with Crippen LogP contribution < -0.4 is 5.32 Å². The Labute approximate surface area is 114 Å². The number of unbranched alkanes of at least 4 members (excludes halogenated alkanes) is 1. The third kappa shape index (κ3) is 3.86. The Balaban J connectivity index is 2.00. The molecule has 0 heterocycles. The van der Waals surface area contributed by atoms with E-state index in [9.17, 15) is 0 Å². The Hall–Kier alpha value is -2.27. The third-order valence-corrected chi connectivity index (χ3v) is 3.08. The van der Waals surface area contributed by atoms with E-state index in [1.54, 1.807) is 0 Å². The second kappa shape index (κ2) is 6.61. The molecule has 2 aromatic rings. The van der Waals surface area contributed by atoms with Crippen LogP contribution in [0.5, 0.6) is 0 Å². The number of nitriles is 1. The van der Waals surface area contributed by atoms with Gasteiger partial charge in [0.2, 0.25) is 0 Å². The van der Waals surface area contributed by atoms with Crippen LogP contribution in [0.25, 0.3) is 0 Å². The van der Waals surface area contributed by atoms with Crippen LogP contribution in [0.2, 0.25) is 0 Å². The molecule has 2 heteroatoms. The molecule has 2 aromatic carbocycles. The molecule has 0 aliphatic rings. The van der Waals surface area contributed by atoms with Crippen molar-refractivity contribution in [2.24, 2.45) is 0 Å². The first kappa shape index (κ1) is 13.2. The summed E-state index contributed by atoms with van der Waals surface area (Å²) in [6.45, 7) is 2.21. The van der Waals surface area contributed by atoms with Gasteiger partial charge in [-0.15, -0.1) is 0 Å². The zero-order chi connectivity index (χ0) is 13.5. The minimum Gasteiger partial charge on any atom is -0.356 e. The summed E-state index contributed by atoms with van der Waals surface area (Å²) in [7, 11) is 0. The van der Waals surface area contributed by atoms with Crippen LogP contribution in [0.1, 0.15) is 30.9 Å². The van der Waals surface area contributed by atoms with Gasteiger partial charge in [0.05, 0.1) is 11.6 Å². The number of anilines is 2. The van der Waals surface area contributed by atoms with Gasteiger partial charge in [0.15, 0.2) is 0 Å². The van der Waals surface area contributed by atoms with Crippen LogP contribution >= 0.6 is 0 Å². The lowest BCUT2D eigenvalue weighted by Crippen LogP contribution is -1.91. The fourth-order valence-electron chi connectivity index (χ4n) is 1.93. The monoisotopic (exact) mass is 250 g/mol. The predicted octanol–water partition coefficient (Wildman–Crippen LogP) is 4.64. The summed E-state index contributed by atoms with van der Waals surface area (Å²) in [6, 6.07) is 18.1. The number of hydrogen-bond donors (Lipinski definition) is 1. The molecule has 0 amide bonds. The fraction of sp³-hybridized carbons (Fsp3) is 0.235. The molecule has 0 aliphatic carbocycles. The van der Waals surface area contributed by atoms with Crippen molar-refractivity contribution in [1.29, 1.82) is 5.26 Å². The first-order chi connectivity index (χ1) is 9.31. The Morgan fingerprint density at radius 3 is 2.05 bits per heavy atom. The summed E-state index contributed by atoms with van der Waals surface area (Å²) in [4.78, 5) is 0. The van der Waals surface area contributed by atoms with Crippen LogP contribution in [0, 0.1) is 11.3 Å². The van der Waals surface area contributed by atoms with Crippen molar-refractivity contribution in [2.45, 2.75) is 26.2 Å². The van der Waals surface area contributed by atoms with Crippen LogP contribution in [0.15, 0.2) is 48.5 Å². The zero-order valence-electron chi connectivity index (χ0n) is 11.2. The number of nitrogens with zero attached hydrogens (tertiary/aromatic N) is 1. The van der Waals surface area contributed by atoms with E-state index >= 15 is 0 Å². The van der Waals surface area contributed by atoms with Gasteiger partial charge in [-0.3, -0.25) is 0 Å². The maximum Gasteiger partial charge on any atom is 0.0991 e. The predicted molar refractivity (Wildman–Crippen MR) is 79.5 cm³/mol. The molecule has 0 spiro atoms. The normalized spacial score (nSPS) is 9.89. The SMILES string of the molecule is CCCCc1ccc(Nc2ccc(C#N)cc2)cc1. The van der Waals surface area contributed by atoms with Crippen LogP contribution in [-0.2, 0) is 6.42 Å². The van der Waals surface area contributed by atoms with Crippen molar-refractivity contribution in [3.8, 4) is 6.07 Å². The lowest BCUT2D eigenvalue weighted by atomic mass is 10.1. The lowest BCUT2D eigenvalue weighted by molar-refractivity contribution is 0.795. The van der Waals surface area contributed by atoms with Gasteiger partial charge in [0.1, 0.15) is 0 Å². The molecule has 0 aromatic heterocycles. The van der Waals surface area contributed by atoms with Crippen molar-refractivity contribution < 1.29 is 0 Å². The van der Waals surface area contributed by atoms with Gasteiger partial charge in [-0.1, -0.05) is 25.5 Å². The fourth-order valence-corrected chi connectivity index (χ4v) is 1.93. The zero-order valence-corrected chi connectivity index (χ0v) is 11.2. The minimum absolute atomic E-state index is 0.681. The van der Waals surface area contributed by atoms with Crippen molar-refractivity contribution in [3.63, 3.8) is 0 Å². The lowest BCUT2D eigenvalue weighted by Gasteiger charge is -2.07. The topological polar surface area (TPSA) is 35.8 Å². The summed E-state index contributed by atoms with van der Waals surface area (Å²) >= 11 is 0. The molecular formula is C17H18N2. The molecule has 0 unspecified atom stereocenters. The molecule has 0 aliphatic heterocycles. The standard InChI is InChI=1S/C17H18N2/c1-2-3-4-14-5-9-16(10-6-14)19-17-11-7-15(13-18)8-12-17/h5-12,19H,2-4H2,1H3. The first-order valence-electron chi connectivity index (χ1n) is 6.68. The maximum atomic E-state index is 8.75. The Kier molecular flexibility index (Phi) is 4.58. The summed E-state index contributed by atoms with van der Waals surface area (Å²) in [5.74, 6) is 0. The van der Waals surface area contributed by atoms with E-state index in [2.05, 4.69) is 42.6 Å². The van der Waals surface area contributed by atoms with Gasteiger partial charge >= 0.3 is 0 Å². The largest absolute Gasteiger partial charge is 0.356 e.